The minimum atomic E-state index is -0.796. The van der Waals surface area contributed by atoms with Crippen LogP contribution in [0.5, 0.6) is 5.75 Å². The van der Waals surface area contributed by atoms with E-state index in [1.165, 1.54) is 24.1 Å². The normalized spacial score (nSPS) is 14.8. The highest BCUT2D eigenvalue weighted by Crippen LogP contribution is 2.39. The quantitative estimate of drug-likeness (QED) is 0.398. The Balaban J connectivity index is 1.66. The maximum Gasteiger partial charge on any atom is 0.337 e. The Morgan fingerprint density at radius 2 is 1.71 bits per heavy atom. The van der Waals surface area contributed by atoms with Crippen LogP contribution in [0.4, 0.5) is 4.39 Å². The fourth-order valence-electron chi connectivity index (χ4n) is 4.35. The number of rotatable bonds is 5. The van der Waals surface area contributed by atoms with E-state index in [1.54, 1.807) is 43.5 Å². The molecule has 2 heterocycles. The molecule has 0 unspecified atom stereocenters. The van der Waals surface area contributed by atoms with Crippen molar-refractivity contribution in [2.24, 2.45) is 0 Å². The van der Waals surface area contributed by atoms with Gasteiger partial charge in [-0.3, -0.25) is 9.59 Å². The summed E-state index contributed by atoms with van der Waals surface area (Å²) in [6.45, 7) is 0.181. The average molecular weight is 473 g/mol. The van der Waals surface area contributed by atoms with E-state index < -0.39 is 29.2 Å². The summed E-state index contributed by atoms with van der Waals surface area (Å²) >= 11 is 0. The van der Waals surface area contributed by atoms with Gasteiger partial charge in [0.25, 0.3) is 5.91 Å². The van der Waals surface area contributed by atoms with Crippen LogP contribution in [0.1, 0.15) is 43.6 Å². The van der Waals surface area contributed by atoms with Crippen molar-refractivity contribution in [2.45, 2.75) is 12.6 Å². The van der Waals surface area contributed by atoms with Gasteiger partial charge in [0.2, 0.25) is 5.76 Å². The lowest BCUT2D eigenvalue weighted by molar-refractivity contribution is 0.0599. The number of nitrogens with zero attached hydrogens (tertiary/aromatic N) is 1. The molecule has 1 aromatic heterocycles. The number of halogens is 1. The SMILES string of the molecule is COC(=O)c1ccc([C@@H]2c3c(oc4ccc(F)cc4c3=O)C(=O)N2Cc2ccc(OC)cc2)cc1. The van der Waals surface area contributed by atoms with Crippen molar-refractivity contribution in [1.29, 1.82) is 0 Å². The van der Waals surface area contributed by atoms with Gasteiger partial charge in [-0.05, 0) is 53.6 Å². The molecule has 3 aromatic carbocycles. The molecule has 176 valence electrons. The molecule has 5 rings (SSSR count). The lowest BCUT2D eigenvalue weighted by Gasteiger charge is -2.25. The Morgan fingerprint density at radius 1 is 1.00 bits per heavy atom. The van der Waals surface area contributed by atoms with Gasteiger partial charge < -0.3 is 18.8 Å². The molecular formula is C27H20FNO6. The Hall–Kier alpha value is -4.46. The molecule has 0 radical (unpaired) electrons. The molecule has 0 spiro atoms. The summed E-state index contributed by atoms with van der Waals surface area (Å²) in [6, 6.07) is 16.5. The summed E-state index contributed by atoms with van der Waals surface area (Å²) in [5.41, 5.74) is 1.53. The molecule has 0 N–H and O–H groups in total. The van der Waals surface area contributed by atoms with Gasteiger partial charge in [0.1, 0.15) is 17.1 Å². The number of carbonyl (C=O) groups is 2. The number of hydrogen-bond donors (Lipinski definition) is 0. The lowest BCUT2D eigenvalue weighted by atomic mass is 9.97. The summed E-state index contributed by atoms with van der Waals surface area (Å²) in [5, 5.41) is 0.0547. The van der Waals surface area contributed by atoms with Crippen molar-refractivity contribution >= 4 is 22.8 Å². The van der Waals surface area contributed by atoms with Gasteiger partial charge >= 0.3 is 5.97 Å². The summed E-state index contributed by atoms with van der Waals surface area (Å²) in [7, 11) is 2.85. The molecule has 4 aromatic rings. The van der Waals surface area contributed by atoms with E-state index in [4.69, 9.17) is 13.9 Å². The molecular weight excluding hydrogens is 453 g/mol. The molecule has 0 aliphatic carbocycles. The minimum absolute atomic E-state index is 0.0547. The van der Waals surface area contributed by atoms with Crippen molar-refractivity contribution in [2.75, 3.05) is 14.2 Å². The maximum atomic E-state index is 13.9. The molecule has 0 fully saturated rings. The first-order chi connectivity index (χ1) is 16.9. The second kappa shape index (κ2) is 8.72. The molecule has 0 saturated carbocycles. The topological polar surface area (TPSA) is 86.0 Å². The highest BCUT2D eigenvalue weighted by Gasteiger charge is 2.42. The van der Waals surface area contributed by atoms with E-state index in [0.29, 0.717) is 16.9 Å². The zero-order valence-corrected chi connectivity index (χ0v) is 18.9. The third kappa shape index (κ3) is 3.82. The van der Waals surface area contributed by atoms with Crippen LogP contribution < -0.4 is 10.2 Å². The van der Waals surface area contributed by atoms with Crippen LogP contribution in [0.3, 0.4) is 0 Å². The molecule has 0 bridgehead atoms. The number of hydrogen-bond acceptors (Lipinski definition) is 6. The van der Waals surface area contributed by atoms with E-state index in [9.17, 15) is 18.8 Å². The molecule has 7 nitrogen and oxygen atoms in total. The highest BCUT2D eigenvalue weighted by atomic mass is 19.1. The van der Waals surface area contributed by atoms with Gasteiger partial charge in [-0.2, -0.15) is 0 Å². The predicted molar refractivity (Wildman–Crippen MR) is 125 cm³/mol. The number of ether oxygens (including phenoxy) is 2. The molecule has 1 aliphatic heterocycles. The van der Waals surface area contributed by atoms with Crippen molar-refractivity contribution in [1.82, 2.24) is 4.90 Å². The number of methoxy groups -OCH3 is 2. The zero-order valence-electron chi connectivity index (χ0n) is 18.9. The van der Waals surface area contributed by atoms with Crippen molar-refractivity contribution < 1.29 is 27.9 Å². The summed E-state index contributed by atoms with van der Waals surface area (Å²) in [5.74, 6) is -0.950. The number of esters is 1. The number of benzene rings is 3. The highest BCUT2D eigenvalue weighted by molar-refractivity contribution is 5.99. The number of carbonyl (C=O) groups excluding carboxylic acids is 2. The molecule has 1 amide bonds. The standard InChI is InChI=1S/C27H20FNO6/c1-33-19-10-3-15(4-11-19)14-29-23(16-5-7-17(8-6-16)27(32)34-2)22-24(30)20-13-18(28)9-12-21(20)35-25(22)26(29)31/h3-13,23H,14H2,1-2H3/t23-/m1/s1. The van der Waals surface area contributed by atoms with Crippen molar-refractivity contribution in [3.63, 3.8) is 0 Å². The summed E-state index contributed by atoms with van der Waals surface area (Å²) < 4.78 is 29.7. The van der Waals surface area contributed by atoms with Gasteiger partial charge in [-0.15, -0.1) is 0 Å². The fourth-order valence-corrected chi connectivity index (χ4v) is 4.35. The third-order valence-corrected chi connectivity index (χ3v) is 6.09. The molecule has 1 atom stereocenters. The zero-order chi connectivity index (χ0) is 24.7. The van der Waals surface area contributed by atoms with Gasteiger partial charge in [-0.25, -0.2) is 9.18 Å². The second-order valence-corrected chi connectivity index (χ2v) is 8.11. The van der Waals surface area contributed by atoms with Crippen LogP contribution in [-0.4, -0.2) is 31.0 Å². The van der Waals surface area contributed by atoms with E-state index in [0.717, 1.165) is 11.6 Å². The van der Waals surface area contributed by atoms with Crippen LogP contribution in [0.2, 0.25) is 0 Å². The number of fused-ring (bicyclic) bond motifs is 2. The minimum Gasteiger partial charge on any atom is -0.497 e. The Bertz CT molecular complexity index is 1510. The largest absolute Gasteiger partial charge is 0.497 e. The monoisotopic (exact) mass is 473 g/mol. The molecule has 1 aliphatic rings. The first-order valence-electron chi connectivity index (χ1n) is 10.8. The average Bonchev–Trinajstić information content (AvgIpc) is 3.16. The van der Waals surface area contributed by atoms with Crippen LogP contribution in [-0.2, 0) is 11.3 Å². The van der Waals surface area contributed by atoms with Crippen LogP contribution in [0.25, 0.3) is 11.0 Å². The molecule has 35 heavy (non-hydrogen) atoms. The van der Waals surface area contributed by atoms with Gasteiger partial charge in [-0.1, -0.05) is 24.3 Å². The first kappa shape index (κ1) is 22.3. The van der Waals surface area contributed by atoms with Crippen LogP contribution in [0.15, 0.2) is 75.9 Å². The molecule has 8 heteroatoms. The Labute approximate surface area is 199 Å². The van der Waals surface area contributed by atoms with E-state index in [1.807, 2.05) is 12.1 Å². The lowest BCUT2D eigenvalue weighted by Crippen LogP contribution is -2.29. The first-order valence-corrected chi connectivity index (χ1v) is 10.8. The molecule has 0 saturated heterocycles. The Morgan fingerprint density at radius 3 is 2.37 bits per heavy atom. The van der Waals surface area contributed by atoms with E-state index in [-0.39, 0.29) is 28.8 Å². The Kier molecular flexibility index (Phi) is 5.56. The predicted octanol–water partition coefficient (Wildman–Crippen LogP) is 4.47. The maximum absolute atomic E-state index is 13.9. The van der Waals surface area contributed by atoms with Gasteiger partial charge in [0.05, 0.1) is 36.8 Å². The van der Waals surface area contributed by atoms with Gasteiger partial charge in [0, 0.05) is 6.54 Å². The number of amides is 1. The third-order valence-electron chi connectivity index (χ3n) is 6.09. The fraction of sp³-hybridized carbons (Fsp3) is 0.148. The van der Waals surface area contributed by atoms with Crippen LogP contribution in [0, 0.1) is 5.82 Å². The smallest absolute Gasteiger partial charge is 0.337 e. The van der Waals surface area contributed by atoms with Gasteiger partial charge in [0.15, 0.2) is 5.43 Å². The van der Waals surface area contributed by atoms with E-state index in [2.05, 4.69) is 0 Å². The summed E-state index contributed by atoms with van der Waals surface area (Å²) in [6.07, 6.45) is 0. The van der Waals surface area contributed by atoms with E-state index >= 15 is 0 Å². The van der Waals surface area contributed by atoms with Crippen molar-refractivity contribution in [3.8, 4) is 5.75 Å². The van der Waals surface area contributed by atoms with Crippen LogP contribution >= 0.6 is 0 Å². The van der Waals surface area contributed by atoms with Crippen molar-refractivity contribution in [3.05, 3.63) is 111 Å². The second-order valence-electron chi connectivity index (χ2n) is 8.11. The summed E-state index contributed by atoms with van der Waals surface area (Å²) in [4.78, 5) is 40.4.